The molecule has 0 amide bonds. The van der Waals surface area contributed by atoms with Crippen LogP contribution >= 0.6 is 0 Å². The Labute approximate surface area is 139 Å². The second kappa shape index (κ2) is 6.19. The lowest BCUT2D eigenvalue weighted by Gasteiger charge is -1.95. The largest absolute Gasteiger partial charge is 0.420 e. The number of benzene rings is 1. The number of rotatable bonds is 4. The predicted octanol–water partition coefficient (Wildman–Crippen LogP) is 3.05. The van der Waals surface area contributed by atoms with Crippen LogP contribution in [0, 0.1) is 11.6 Å². The van der Waals surface area contributed by atoms with E-state index in [0.717, 1.165) is 18.2 Å². The lowest BCUT2D eigenvalue weighted by atomic mass is 10.2. The minimum Gasteiger partial charge on any atom is -0.420 e. The fraction of sp³-hybridized carbons (Fsp3) is 0.0625. The van der Waals surface area contributed by atoms with E-state index in [1.807, 2.05) is 0 Å². The van der Waals surface area contributed by atoms with Gasteiger partial charge in [-0.25, -0.2) is 8.78 Å². The summed E-state index contributed by atoms with van der Waals surface area (Å²) in [4.78, 5) is 8.32. The maximum absolute atomic E-state index is 13.3. The van der Waals surface area contributed by atoms with Crippen LogP contribution in [0.25, 0.3) is 23.0 Å². The summed E-state index contributed by atoms with van der Waals surface area (Å²) in [5, 5.41) is 11.4. The number of nitrogens with zero attached hydrogens (tertiary/aromatic N) is 5. The Morgan fingerprint density at radius 2 is 1.80 bits per heavy atom. The summed E-state index contributed by atoms with van der Waals surface area (Å²) in [6, 6.07) is 8.30. The van der Waals surface area contributed by atoms with Crippen molar-refractivity contribution >= 4 is 0 Å². The molecule has 0 atom stereocenters. The van der Waals surface area contributed by atoms with Crippen molar-refractivity contribution in [2.45, 2.75) is 6.42 Å². The fourth-order valence-corrected chi connectivity index (χ4v) is 2.17. The van der Waals surface area contributed by atoms with Crippen LogP contribution in [0.5, 0.6) is 0 Å². The molecule has 124 valence electrons. The van der Waals surface area contributed by atoms with Crippen LogP contribution in [0.4, 0.5) is 8.78 Å². The van der Waals surface area contributed by atoms with Gasteiger partial charge in [-0.15, -0.1) is 10.2 Å². The average Bonchev–Trinajstić information content (AvgIpc) is 3.25. The van der Waals surface area contributed by atoms with Gasteiger partial charge in [0.25, 0.3) is 0 Å². The van der Waals surface area contributed by atoms with Gasteiger partial charge in [-0.2, -0.15) is 4.98 Å². The van der Waals surface area contributed by atoms with Crippen molar-refractivity contribution in [3.63, 3.8) is 0 Å². The molecule has 4 aromatic rings. The third kappa shape index (κ3) is 3.25. The fourth-order valence-electron chi connectivity index (χ4n) is 2.17. The summed E-state index contributed by atoms with van der Waals surface area (Å²) in [5.41, 5.74) is 0.718. The van der Waals surface area contributed by atoms with Gasteiger partial charge in [0.15, 0.2) is 0 Å². The number of hydrogen-bond donors (Lipinski definition) is 0. The van der Waals surface area contributed by atoms with Crippen LogP contribution < -0.4 is 0 Å². The molecule has 9 heteroatoms. The van der Waals surface area contributed by atoms with Gasteiger partial charge in [0.1, 0.15) is 23.7 Å². The first-order valence-corrected chi connectivity index (χ1v) is 7.20. The van der Waals surface area contributed by atoms with Crippen molar-refractivity contribution in [3.8, 4) is 23.0 Å². The molecular formula is C16H9F2N5O2. The number of pyridine rings is 1. The Bertz CT molecular complexity index is 996. The van der Waals surface area contributed by atoms with Gasteiger partial charge in [-0.3, -0.25) is 4.98 Å². The van der Waals surface area contributed by atoms with Crippen LogP contribution in [0.2, 0.25) is 0 Å². The summed E-state index contributed by atoms with van der Waals surface area (Å²) in [6.45, 7) is 0. The molecule has 0 aliphatic heterocycles. The highest BCUT2D eigenvalue weighted by Crippen LogP contribution is 2.21. The van der Waals surface area contributed by atoms with Crippen LogP contribution in [0.3, 0.4) is 0 Å². The molecule has 0 N–H and O–H groups in total. The molecule has 0 aliphatic carbocycles. The zero-order valence-electron chi connectivity index (χ0n) is 12.6. The molecule has 0 unspecified atom stereocenters. The van der Waals surface area contributed by atoms with E-state index in [0.29, 0.717) is 11.5 Å². The van der Waals surface area contributed by atoms with Crippen LogP contribution in [-0.2, 0) is 6.42 Å². The number of halogens is 2. The first-order valence-electron chi connectivity index (χ1n) is 7.20. The Morgan fingerprint density at radius 3 is 2.56 bits per heavy atom. The van der Waals surface area contributed by atoms with Crippen molar-refractivity contribution in [1.82, 2.24) is 25.3 Å². The van der Waals surface area contributed by atoms with Gasteiger partial charge in [-0.05, 0) is 24.3 Å². The zero-order valence-corrected chi connectivity index (χ0v) is 12.6. The summed E-state index contributed by atoms with van der Waals surface area (Å²) < 4.78 is 37.1. The Hall–Kier alpha value is -3.49. The Kier molecular flexibility index (Phi) is 3.73. The molecule has 1 aromatic carbocycles. The Balaban J connectivity index is 1.55. The molecule has 0 bridgehead atoms. The lowest BCUT2D eigenvalue weighted by molar-refractivity contribution is 0.373. The van der Waals surface area contributed by atoms with Gasteiger partial charge in [0.2, 0.25) is 23.5 Å². The normalized spacial score (nSPS) is 11.0. The first kappa shape index (κ1) is 15.1. The molecule has 25 heavy (non-hydrogen) atoms. The second-order valence-corrected chi connectivity index (χ2v) is 5.06. The highest BCUT2D eigenvalue weighted by molar-refractivity contribution is 5.52. The molecule has 0 aliphatic rings. The minimum absolute atomic E-state index is 0.00198. The molecule has 0 fully saturated rings. The van der Waals surface area contributed by atoms with Crippen molar-refractivity contribution in [3.05, 3.63) is 66.0 Å². The highest BCUT2D eigenvalue weighted by atomic mass is 19.1. The van der Waals surface area contributed by atoms with Crippen molar-refractivity contribution < 1.29 is 17.7 Å². The third-order valence-electron chi connectivity index (χ3n) is 3.24. The summed E-state index contributed by atoms with van der Waals surface area (Å²) >= 11 is 0. The van der Waals surface area contributed by atoms with E-state index >= 15 is 0 Å². The van der Waals surface area contributed by atoms with Gasteiger partial charge in [0.05, 0.1) is 0 Å². The molecule has 0 spiro atoms. The summed E-state index contributed by atoms with van der Waals surface area (Å²) in [5.74, 6) is -0.698. The van der Waals surface area contributed by atoms with E-state index in [1.165, 1.54) is 0 Å². The highest BCUT2D eigenvalue weighted by Gasteiger charge is 2.15. The van der Waals surface area contributed by atoms with E-state index in [2.05, 4.69) is 25.3 Å². The first-order chi connectivity index (χ1) is 12.2. The number of aromatic nitrogens is 5. The quantitative estimate of drug-likeness (QED) is 0.563. The van der Waals surface area contributed by atoms with Gasteiger partial charge in [0, 0.05) is 17.8 Å². The van der Waals surface area contributed by atoms with Crippen molar-refractivity contribution in [2.24, 2.45) is 0 Å². The maximum atomic E-state index is 13.3. The number of hydrogen-bond acceptors (Lipinski definition) is 7. The van der Waals surface area contributed by atoms with Gasteiger partial charge in [-0.1, -0.05) is 11.2 Å². The molecule has 3 heterocycles. The molecule has 3 aromatic heterocycles. The predicted molar refractivity (Wildman–Crippen MR) is 80.0 cm³/mol. The van der Waals surface area contributed by atoms with E-state index in [1.54, 1.807) is 24.4 Å². The van der Waals surface area contributed by atoms with Crippen LogP contribution in [0.15, 0.2) is 51.5 Å². The molecule has 0 saturated heterocycles. The second-order valence-electron chi connectivity index (χ2n) is 5.06. The van der Waals surface area contributed by atoms with Gasteiger partial charge < -0.3 is 8.94 Å². The monoisotopic (exact) mass is 341 g/mol. The SMILES string of the molecule is Fc1cc(F)cc(-c2nnc(Cc3nc(-c4ccccn4)no3)o2)c1. The minimum atomic E-state index is -0.730. The lowest BCUT2D eigenvalue weighted by Crippen LogP contribution is -1.89. The van der Waals surface area contributed by atoms with E-state index < -0.39 is 11.6 Å². The Morgan fingerprint density at radius 1 is 0.960 bits per heavy atom. The van der Waals surface area contributed by atoms with E-state index in [-0.39, 0.29) is 29.7 Å². The maximum Gasteiger partial charge on any atom is 0.247 e. The molecule has 4 rings (SSSR count). The summed E-state index contributed by atoms with van der Waals surface area (Å²) in [7, 11) is 0. The van der Waals surface area contributed by atoms with E-state index in [9.17, 15) is 8.78 Å². The van der Waals surface area contributed by atoms with Crippen LogP contribution in [0.1, 0.15) is 11.8 Å². The van der Waals surface area contributed by atoms with Crippen molar-refractivity contribution in [2.75, 3.05) is 0 Å². The molecule has 7 nitrogen and oxygen atoms in total. The zero-order chi connectivity index (χ0) is 17.2. The van der Waals surface area contributed by atoms with Crippen molar-refractivity contribution in [1.29, 1.82) is 0 Å². The average molecular weight is 341 g/mol. The molecular weight excluding hydrogens is 332 g/mol. The van der Waals surface area contributed by atoms with E-state index in [4.69, 9.17) is 8.94 Å². The summed E-state index contributed by atoms with van der Waals surface area (Å²) in [6.07, 6.45) is 1.71. The van der Waals surface area contributed by atoms with Crippen LogP contribution in [-0.4, -0.2) is 25.3 Å². The standard InChI is InChI=1S/C16H9F2N5O2/c17-10-5-9(6-11(18)7-10)16-22-21-14(24-16)8-13-20-15(23-25-13)12-3-1-2-4-19-12/h1-7H,8H2. The third-order valence-corrected chi connectivity index (χ3v) is 3.24. The topological polar surface area (TPSA) is 90.7 Å². The van der Waals surface area contributed by atoms with Gasteiger partial charge >= 0.3 is 0 Å². The molecule has 0 radical (unpaired) electrons. The smallest absolute Gasteiger partial charge is 0.247 e. The molecule has 0 saturated carbocycles.